The molecule has 0 spiro atoms. The van der Waals surface area contributed by atoms with Crippen LogP contribution < -0.4 is 9.47 Å². The number of carbonyl (C=O) groups is 1. The molecule has 0 aliphatic carbocycles. The summed E-state index contributed by atoms with van der Waals surface area (Å²) in [6.45, 7) is 5.04. The Morgan fingerprint density at radius 2 is 1.94 bits per heavy atom. The molecule has 0 fully saturated rings. The summed E-state index contributed by atoms with van der Waals surface area (Å²) in [5, 5.41) is 0.367. The molecule has 0 aliphatic rings. The minimum Gasteiger partial charge on any atom is -0.494 e. The number of rotatable bonds is 7. The highest BCUT2D eigenvalue weighted by Gasteiger charge is 2.09. The molecule has 0 heterocycles. The average molecular weight is 301 g/mol. The standard InChI is InChI=1S/C13H17BrO3/c1-3-16-12-6-5-10(7-11(15)9-14)13(8-12)17-4-2/h5-6,8H,3-4,7,9H2,1-2H3. The minimum absolute atomic E-state index is 0.134. The van der Waals surface area contributed by atoms with E-state index in [1.807, 2.05) is 32.0 Å². The van der Waals surface area contributed by atoms with Gasteiger partial charge in [0.1, 0.15) is 17.3 Å². The lowest BCUT2D eigenvalue weighted by atomic mass is 10.1. The van der Waals surface area contributed by atoms with Crippen LogP contribution in [0.5, 0.6) is 11.5 Å². The first-order valence-corrected chi connectivity index (χ1v) is 6.79. The third-order valence-corrected chi connectivity index (χ3v) is 2.81. The topological polar surface area (TPSA) is 35.5 Å². The van der Waals surface area contributed by atoms with Gasteiger partial charge in [0.25, 0.3) is 0 Å². The van der Waals surface area contributed by atoms with Gasteiger partial charge in [-0.05, 0) is 19.9 Å². The Hall–Kier alpha value is -1.03. The van der Waals surface area contributed by atoms with Gasteiger partial charge in [-0.3, -0.25) is 4.79 Å². The van der Waals surface area contributed by atoms with E-state index in [1.54, 1.807) is 0 Å². The van der Waals surface area contributed by atoms with Crippen molar-refractivity contribution in [1.29, 1.82) is 0 Å². The van der Waals surface area contributed by atoms with E-state index in [0.717, 1.165) is 17.1 Å². The van der Waals surface area contributed by atoms with Gasteiger partial charge in [0, 0.05) is 18.1 Å². The second-order valence-electron chi connectivity index (χ2n) is 3.48. The molecule has 0 saturated heterocycles. The molecule has 0 aliphatic heterocycles. The van der Waals surface area contributed by atoms with Gasteiger partial charge >= 0.3 is 0 Å². The quantitative estimate of drug-likeness (QED) is 0.726. The lowest BCUT2D eigenvalue weighted by Gasteiger charge is -2.11. The van der Waals surface area contributed by atoms with Crippen molar-refractivity contribution in [3.63, 3.8) is 0 Å². The number of ether oxygens (including phenoxy) is 2. The van der Waals surface area contributed by atoms with Crippen LogP contribution in [0.3, 0.4) is 0 Å². The Morgan fingerprint density at radius 3 is 2.53 bits per heavy atom. The molecular formula is C13H17BrO3. The number of carbonyl (C=O) groups excluding carboxylic acids is 1. The Kier molecular flexibility index (Phi) is 6.05. The first kappa shape index (κ1) is 14.0. The van der Waals surface area contributed by atoms with Crippen LogP contribution in [0.4, 0.5) is 0 Å². The summed E-state index contributed by atoms with van der Waals surface area (Å²) in [4.78, 5) is 11.4. The second kappa shape index (κ2) is 7.33. The van der Waals surface area contributed by atoms with E-state index in [-0.39, 0.29) is 5.78 Å². The van der Waals surface area contributed by atoms with E-state index < -0.39 is 0 Å². The maximum atomic E-state index is 11.4. The van der Waals surface area contributed by atoms with Gasteiger partial charge in [0.15, 0.2) is 0 Å². The zero-order valence-corrected chi connectivity index (χ0v) is 11.7. The zero-order valence-electron chi connectivity index (χ0n) is 10.2. The van der Waals surface area contributed by atoms with E-state index in [1.165, 1.54) is 0 Å². The number of benzene rings is 1. The van der Waals surface area contributed by atoms with Crippen molar-refractivity contribution in [2.24, 2.45) is 0 Å². The van der Waals surface area contributed by atoms with Crippen molar-refractivity contribution < 1.29 is 14.3 Å². The molecule has 0 aromatic heterocycles. The molecule has 1 aromatic carbocycles. The number of Topliss-reactive ketones (excluding diaryl/α,β-unsaturated/α-hetero) is 1. The van der Waals surface area contributed by atoms with E-state index in [0.29, 0.717) is 25.0 Å². The fourth-order valence-electron chi connectivity index (χ4n) is 1.49. The van der Waals surface area contributed by atoms with Crippen LogP contribution in [0.1, 0.15) is 19.4 Å². The van der Waals surface area contributed by atoms with Crippen LogP contribution in [-0.2, 0) is 11.2 Å². The number of hydrogen-bond acceptors (Lipinski definition) is 3. The monoisotopic (exact) mass is 300 g/mol. The lowest BCUT2D eigenvalue weighted by Crippen LogP contribution is -2.06. The van der Waals surface area contributed by atoms with E-state index in [9.17, 15) is 4.79 Å². The summed E-state index contributed by atoms with van der Waals surface area (Å²) in [6, 6.07) is 5.59. The molecule has 0 unspecified atom stereocenters. The maximum absolute atomic E-state index is 11.4. The summed E-state index contributed by atoms with van der Waals surface area (Å²) in [6.07, 6.45) is 0.382. The maximum Gasteiger partial charge on any atom is 0.147 e. The van der Waals surface area contributed by atoms with Crippen LogP contribution in [0.15, 0.2) is 18.2 Å². The van der Waals surface area contributed by atoms with Gasteiger partial charge in [-0.15, -0.1) is 0 Å². The summed E-state index contributed by atoms with van der Waals surface area (Å²) in [7, 11) is 0. The molecule has 3 nitrogen and oxygen atoms in total. The average Bonchev–Trinajstić information content (AvgIpc) is 2.33. The Bertz CT molecular complexity index is 377. The number of ketones is 1. The molecule has 1 aromatic rings. The Balaban J connectivity index is 2.90. The molecular weight excluding hydrogens is 284 g/mol. The van der Waals surface area contributed by atoms with Gasteiger partial charge < -0.3 is 9.47 Å². The Morgan fingerprint density at radius 1 is 1.24 bits per heavy atom. The highest BCUT2D eigenvalue weighted by Crippen LogP contribution is 2.25. The van der Waals surface area contributed by atoms with Crippen molar-refractivity contribution in [2.75, 3.05) is 18.5 Å². The van der Waals surface area contributed by atoms with Crippen LogP contribution in [-0.4, -0.2) is 24.3 Å². The van der Waals surface area contributed by atoms with E-state index in [2.05, 4.69) is 15.9 Å². The Labute approximate surface area is 110 Å². The molecule has 0 bridgehead atoms. The smallest absolute Gasteiger partial charge is 0.147 e. The molecule has 94 valence electrons. The highest BCUT2D eigenvalue weighted by molar-refractivity contribution is 9.09. The molecule has 1 rings (SSSR count). The van der Waals surface area contributed by atoms with Crippen molar-refractivity contribution >= 4 is 21.7 Å². The van der Waals surface area contributed by atoms with Crippen molar-refractivity contribution in [2.45, 2.75) is 20.3 Å². The SMILES string of the molecule is CCOc1ccc(CC(=O)CBr)c(OCC)c1. The molecule has 0 N–H and O–H groups in total. The molecule has 4 heteroatoms. The molecule has 0 amide bonds. The third-order valence-electron chi connectivity index (χ3n) is 2.19. The van der Waals surface area contributed by atoms with Gasteiger partial charge in [-0.1, -0.05) is 22.0 Å². The van der Waals surface area contributed by atoms with Gasteiger partial charge in [-0.25, -0.2) is 0 Å². The second-order valence-corrected chi connectivity index (χ2v) is 4.05. The first-order chi connectivity index (χ1) is 8.21. The summed E-state index contributed by atoms with van der Waals surface area (Å²) in [5.41, 5.74) is 0.903. The number of halogens is 1. The van der Waals surface area contributed by atoms with Crippen LogP contribution >= 0.6 is 15.9 Å². The van der Waals surface area contributed by atoms with E-state index in [4.69, 9.17) is 9.47 Å². The first-order valence-electron chi connectivity index (χ1n) is 5.67. The van der Waals surface area contributed by atoms with Crippen molar-refractivity contribution in [3.8, 4) is 11.5 Å². The third kappa shape index (κ3) is 4.38. The summed E-state index contributed by atoms with van der Waals surface area (Å²) < 4.78 is 10.9. The predicted molar refractivity (Wildman–Crippen MR) is 71.3 cm³/mol. The number of alkyl halides is 1. The van der Waals surface area contributed by atoms with Crippen molar-refractivity contribution in [3.05, 3.63) is 23.8 Å². The zero-order chi connectivity index (χ0) is 12.7. The fourth-order valence-corrected chi connectivity index (χ4v) is 1.69. The molecule has 0 saturated carbocycles. The highest BCUT2D eigenvalue weighted by atomic mass is 79.9. The lowest BCUT2D eigenvalue weighted by molar-refractivity contribution is -0.115. The largest absolute Gasteiger partial charge is 0.494 e. The fraction of sp³-hybridized carbons (Fsp3) is 0.462. The minimum atomic E-state index is 0.134. The summed E-state index contributed by atoms with van der Waals surface area (Å²) in [5.74, 6) is 1.63. The summed E-state index contributed by atoms with van der Waals surface area (Å²) >= 11 is 3.16. The van der Waals surface area contributed by atoms with Crippen LogP contribution in [0.25, 0.3) is 0 Å². The van der Waals surface area contributed by atoms with Gasteiger partial charge in [0.2, 0.25) is 0 Å². The van der Waals surface area contributed by atoms with Crippen molar-refractivity contribution in [1.82, 2.24) is 0 Å². The van der Waals surface area contributed by atoms with E-state index >= 15 is 0 Å². The van der Waals surface area contributed by atoms with Gasteiger partial charge in [0.05, 0.1) is 18.5 Å². The predicted octanol–water partition coefficient (Wildman–Crippen LogP) is 2.99. The molecule has 0 radical (unpaired) electrons. The van der Waals surface area contributed by atoms with Gasteiger partial charge in [-0.2, -0.15) is 0 Å². The molecule has 0 atom stereocenters. The normalized spacial score (nSPS) is 10.1. The van der Waals surface area contributed by atoms with Crippen LogP contribution in [0.2, 0.25) is 0 Å². The molecule has 17 heavy (non-hydrogen) atoms. The van der Waals surface area contributed by atoms with Crippen LogP contribution in [0, 0.1) is 0 Å². The number of hydrogen-bond donors (Lipinski definition) is 0.